The fourth-order valence-corrected chi connectivity index (χ4v) is 2.56. The van der Waals surface area contributed by atoms with Crippen LogP contribution in [0.1, 0.15) is 33.6 Å². The molecule has 2 N–H and O–H groups in total. The quantitative estimate of drug-likeness (QED) is 0.671. The largest absolute Gasteiger partial charge is 0.444 e. The normalized spacial score (nSPS) is 28.2. The summed E-state index contributed by atoms with van der Waals surface area (Å²) in [5.74, 6) is 0.0139. The zero-order valence-electron chi connectivity index (χ0n) is 11.9. The third kappa shape index (κ3) is 3.59. The van der Waals surface area contributed by atoms with E-state index in [4.69, 9.17) is 4.74 Å². The highest BCUT2D eigenvalue weighted by atomic mass is 16.6. The van der Waals surface area contributed by atoms with E-state index >= 15 is 0 Å². The van der Waals surface area contributed by atoms with Gasteiger partial charge in [0.05, 0.1) is 12.1 Å². The van der Waals surface area contributed by atoms with Crippen LogP contribution in [0.25, 0.3) is 0 Å². The van der Waals surface area contributed by atoms with E-state index < -0.39 is 5.60 Å². The van der Waals surface area contributed by atoms with Crippen LogP contribution in [0.3, 0.4) is 0 Å². The summed E-state index contributed by atoms with van der Waals surface area (Å²) >= 11 is 0. The number of amides is 2. The summed E-state index contributed by atoms with van der Waals surface area (Å²) in [6.07, 6.45) is 1.61. The van der Waals surface area contributed by atoms with Gasteiger partial charge in [-0.15, -0.1) is 0 Å². The van der Waals surface area contributed by atoms with E-state index in [0.717, 1.165) is 12.8 Å². The Hall–Kier alpha value is -1.30. The first kappa shape index (κ1) is 14.1. The Bertz CT molecular complexity index is 366. The fourth-order valence-electron chi connectivity index (χ4n) is 2.56. The molecule has 2 aliphatic rings. The molecule has 2 saturated heterocycles. The van der Waals surface area contributed by atoms with Gasteiger partial charge in [0.2, 0.25) is 5.91 Å². The molecule has 2 fully saturated rings. The molecule has 1 atom stereocenters. The number of piperidine rings is 1. The zero-order valence-corrected chi connectivity index (χ0v) is 11.9. The molecule has 0 aliphatic carbocycles. The number of carbonyl (C=O) groups excluding carboxylic acids is 2. The Morgan fingerprint density at radius 3 is 2.74 bits per heavy atom. The average Bonchev–Trinajstić information content (AvgIpc) is 2.32. The molecule has 2 amide bonds. The van der Waals surface area contributed by atoms with Gasteiger partial charge in [0.1, 0.15) is 5.60 Å². The van der Waals surface area contributed by atoms with Gasteiger partial charge in [-0.2, -0.15) is 0 Å². The number of piperazine rings is 1. The summed E-state index contributed by atoms with van der Waals surface area (Å²) in [5.41, 5.74) is -0.668. The van der Waals surface area contributed by atoms with Gasteiger partial charge in [0.25, 0.3) is 0 Å². The standard InChI is InChI=1S/C13H23N3O3/c1-12(2,3)19-11(18)16-6-4-5-13(9-16)8-14-10(17)7-15-13/h15H,4-9H2,1-3H3,(H,14,17). The van der Waals surface area contributed by atoms with E-state index in [1.165, 1.54) is 0 Å². The molecule has 6 nitrogen and oxygen atoms in total. The lowest BCUT2D eigenvalue weighted by atomic mass is 9.87. The second-order valence-electron chi connectivity index (χ2n) is 6.42. The third-order valence-electron chi connectivity index (χ3n) is 3.48. The van der Waals surface area contributed by atoms with E-state index in [1.54, 1.807) is 4.90 Å². The van der Waals surface area contributed by atoms with Crippen molar-refractivity contribution in [2.24, 2.45) is 0 Å². The Labute approximate surface area is 113 Å². The topological polar surface area (TPSA) is 70.7 Å². The molecule has 19 heavy (non-hydrogen) atoms. The van der Waals surface area contributed by atoms with Crippen molar-refractivity contribution < 1.29 is 14.3 Å². The average molecular weight is 269 g/mol. The number of hydrogen-bond acceptors (Lipinski definition) is 4. The minimum atomic E-state index is -0.476. The highest BCUT2D eigenvalue weighted by molar-refractivity contribution is 5.79. The number of nitrogens with one attached hydrogen (secondary N) is 2. The molecule has 1 unspecified atom stereocenters. The molecule has 1 spiro atoms. The predicted molar refractivity (Wildman–Crippen MR) is 70.8 cm³/mol. The van der Waals surface area contributed by atoms with Crippen LogP contribution in [0.4, 0.5) is 4.79 Å². The van der Waals surface area contributed by atoms with Gasteiger partial charge in [0.15, 0.2) is 0 Å². The molecule has 0 aromatic heterocycles. The van der Waals surface area contributed by atoms with Crippen LogP contribution in [0.15, 0.2) is 0 Å². The van der Waals surface area contributed by atoms with E-state index in [9.17, 15) is 9.59 Å². The van der Waals surface area contributed by atoms with Crippen molar-refractivity contribution in [2.75, 3.05) is 26.2 Å². The van der Waals surface area contributed by atoms with Crippen molar-refractivity contribution in [1.29, 1.82) is 0 Å². The lowest BCUT2D eigenvalue weighted by Gasteiger charge is -2.45. The molecule has 0 radical (unpaired) electrons. The number of carbonyl (C=O) groups is 2. The summed E-state index contributed by atoms with van der Waals surface area (Å²) in [7, 11) is 0. The van der Waals surface area contributed by atoms with Crippen LogP contribution >= 0.6 is 0 Å². The fraction of sp³-hybridized carbons (Fsp3) is 0.846. The molecule has 2 heterocycles. The monoisotopic (exact) mass is 269 g/mol. The van der Waals surface area contributed by atoms with Gasteiger partial charge >= 0.3 is 6.09 Å². The van der Waals surface area contributed by atoms with E-state index in [-0.39, 0.29) is 17.5 Å². The van der Waals surface area contributed by atoms with Gasteiger partial charge in [-0.1, -0.05) is 0 Å². The Balaban J connectivity index is 1.97. The van der Waals surface area contributed by atoms with Crippen molar-refractivity contribution in [3.05, 3.63) is 0 Å². The summed E-state index contributed by atoms with van der Waals surface area (Å²) in [5, 5.41) is 6.14. The first-order valence-electron chi connectivity index (χ1n) is 6.79. The molecule has 2 rings (SSSR count). The minimum absolute atomic E-state index is 0.0139. The maximum absolute atomic E-state index is 12.1. The first-order valence-corrected chi connectivity index (χ1v) is 6.79. The molecule has 0 saturated carbocycles. The minimum Gasteiger partial charge on any atom is -0.444 e. The van der Waals surface area contributed by atoms with Crippen LogP contribution in [-0.2, 0) is 9.53 Å². The molecular formula is C13H23N3O3. The Kier molecular flexibility index (Phi) is 3.71. The van der Waals surface area contributed by atoms with Gasteiger partial charge < -0.3 is 15.0 Å². The maximum Gasteiger partial charge on any atom is 0.410 e. The molecule has 6 heteroatoms. The zero-order chi connectivity index (χ0) is 14.1. The second-order valence-corrected chi connectivity index (χ2v) is 6.42. The van der Waals surface area contributed by atoms with Crippen molar-refractivity contribution in [1.82, 2.24) is 15.5 Å². The summed E-state index contributed by atoms with van der Waals surface area (Å²) in [4.78, 5) is 25.0. The molecule has 0 aromatic rings. The van der Waals surface area contributed by atoms with Gasteiger partial charge in [-0.05, 0) is 33.6 Å². The summed E-state index contributed by atoms with van der Waals surface area (Å²) < 4.78 is 5.40. The molecular weight excluding hydrogens is 246 g/mol. The van der Waals surface area contributed by atoms with Crippen molar-refractivity contribution in [3.63, 3.8) is 0 Å². The molecule has 2 aliphatic heterocycles. The number of ether oxygens (including phenoxy) is 1. The number of rotatable bonds is 0. The lowest BCUT2D eigenvalue weighted by Crippen LogP contribution is -2.68. The van der Waals surface area contributed by atoms with Crippen molar-refractivity contribution in [3.8, 4) is 0 Å². The molecule has 0 aromatic carbocycles. The van der Waals surface area contributed by atoms with Gasteiger partial charge in [0, 0.05) is 19.6 Å². The van der Waals surface area contributed by atoms with Crippen LogP contribution in [0, 0.1) is 0 Å². The van der Waals surface area contributed by atoms with Gasteiger partial charge in [-0.25, -0.2) is 4.79 Å². The maximum atomic E-state index is 12.1. The van der Waals surface area contributed by atoms with Gasteiger partial charge in [-0.3, -0.25) is 10.1 Å². The lowest BCUT2D eigenvalue weighted by molar-refractivity contribution is -0.123. The summed E-state index contributed by atoms with van der Waals surface area (Å²) in [6.45, 7) is 7.79. The van der Waals surface area contributed by atoms with E-state index in [2.05, 4.69) is 10.6 Å². The first-order chi connectivity index (χ1) is 8.80. The van der Waals surface area contributed by atoms with Crippen LogP contribution in [0.5, 0.6) is 0 Å². The highest BCUT2D eigenvalue weighted by Gasteiger charge is 2.40. The number of hydrogen-bond donors (Lipinski definition) is 2. The molecule has 108 valence electrons. The predicted octanol–water partition coefficient (Wildman–Crippen LogP) is 0.476. The second kappa shape index (κ2) is 5.00. The molecule has 0 bridgehead atoms. The Morgan fingerprint density at radius 2 is 2.16 bits per heavy atom. The van der Waals surface area contributed by atoms with Crippen molar-refractivity contribution >= 4 is 12.0 Å². The number of likely N-dealkylation sites (tertiary alicyclic amines) is 1. The highest BCUT2D eigenvalue weighted by Crippen LogP contribution is 2.23. The smallest absolute Gasteiger partial charge is 0.410 e. The van der Waals surface area contributed by atoms with Crippen LogP contribution < -0.4 is 10.6 Å². The van der Waals surface area contributed by atoms with Crippen LogP contribution in [-0.4, -0.2) is 54.2 Å². The summed E-state index contributed by atoms with van der Waals surface area (Å²) in [6, 6.07) is 0. The third-order valence-corrected chi connectivity index (χ3v) is 3.48. The Morgan fingerprint density at radius 1 is 1.42 bits per heavy atom. The van der Waals surface area contributed by atoms with Crippen molar-refractivity contribution in [2.45, 2.75) is 44.8 Å². The SMILES string of the molecule is CC(C)(C)OC(=O)N1CCCC2(CNC(=O)CN2)C1. The van der Waals surface area contributed by atoms with E-state index in [0.29, 0.717) is 26.2 Å². The number of nitrogens with zero attached hydrogens (tertiary/aromatic N) is 1. The van der Waals surface area contributed by atoms with E-state index in [1.807, 2.05) is 20.8 Å². The van der Waals surface area contributed by atoms with Crippen LogP contribution in [0.2, 0.25) is 0 Å².